The number of hydrogen-bond donors (Lipinski definition) is 0. The fraction of sp³-hybridized carbons (Fsp3) is 0.250. The molecule has 0 unspecified atom stereocenters. The first kappa shape index (κ1) is 18.8. The molecular weight excluding hydrogens is 385 g/mol. The number of benzene rings is 2. The number of nitrogens with zero attached hydrogens (tertiary/aromatic N) is 1. The number of hydrogen-bond acceptors (Lipinski definition) is 6. The SMILES string of the molecule is O=S(=O)(Oc1cccc(F)c1)c1ccc(S(=O)(=O)N2CCOCC2)cc1. The largest absolute Gasteiger partial charge is 0.379 e. The van der Waals surface area contributed by atoms with Gasteiger partial charge in [0.2, 0.25) is 10.0 Å². The fourth-order valence-electron chi connectivity index (χ4n) is 2.41. The zero-order valence-electron chi connectivity index (χ0n) is 13.5. The van der Waals surface area contributed by atoms with Gasteiger partial charge in [-0.3, -0.25) is 0 Å². The predicted octanol–water partition coefficient (Wildman–Crippen LogP) is 1.61. The van der Waals surface area contributed by atoms with E-state index in [-0.39, 0.29) is 28.6 Å². The van der Waals surface area contributed by atoms with Crippen molar-refractivity contribution in [2.75, 3.05) is 26.3 Å². The lowest BCUT2D eigenvalue weighted by molar-refractivity contribution is 0.0730. The lowest BCUT2D eigenvalue weighted by Gasteiger charge is -2.26. The zero-order valence-corrected chi connectivity index (χ0v) is 15.2. The highest BCUT2D eigenvalue weighted by Gasteiger charge is 2.27. The Morgan fingerprint density at radius 2 is 1.54 bits per heavy atom. The van der Waals surface area contributed by atoms with Crippen LogP contribution in [0, 0.1) is 5.82 Å². The summed E-state index contributed by atoms with van der Waals surface area (Å²) in [6.07, 6.45) is 0. The minimum atomic E-state index is -4.21. The zero-order chi connectivity index (χ0) is 18.8. The fourth-order valence-corrected chi connectivity index (χ4v) is 4.74. The van der Waals surface area contributed by atoms with E-state index in [1.54, 1.807) is 0 Å². The molecule has 0 amide bonds. The molecule has 2 aromatic carbocycles. The third-order valence-electron chi connectivity index (χ3n) is 3.72. The second-order valence-corrected chi connectivity index (χ2v) is 8.97. The van der Waals surface area contributed by atoms with E-state index in [9.17, 15) is 21.2 Å². The van der Waals surface area contributed by atoms with E-state index in [4.69, 9.17) is 8.92 Å². The molecule has 1 saturated heterocycles. The average Bonchev–Trinajstić information content (AvgIpc) is 2.62. The number of rotatable bonds is 5. The first-order chi connectivity index (χ1) is 12.3. The monoisotopic (exact) mass is 401 g/mol. The summed E-state index contributed by atoms with van der Waals surface area (Å²) in [5, 5.41) is 0. The average molecular weight is 401 g/mol. The number of morpholine rings is 1. The lowest BCUT2D eigenvalue weighted by Crippen LogP contribution is -2.40. The molecule has 7 nitrogen and oxygen atoms in total. The van der Waals surface area contributed by atoms with Crippen molar-refractivity contribution in [1.29, 1.82) is 0 Å². The molecule has 0 radical (unpaired) electrons. The summed E-state index contributed by atoms with van der Waals surface area (Å²) in [5.41, 5.74) is 0. The van der Waals surface area contributed by atoms with Gasteiger partial charge in [0, 0.05) is 19.2 Å². The molecule has 3 rings (SSSR count). The van der Waals surface area contributed by atoms with Crippen molar-refractivity contribution in [3.8, 4) is 5.75 Å². The third kappa shape index (κ3) is 4.04. The van der Waals surface area contributed by atoms with Crippen molar-refractivity contribution in [2.45, 2.75) is 9.79 Å². The van der Waals surface area contributed by atoms with Gasteiger partial charge in [-0.1, -0.05) is 6.07 Å². The summed E-state index contributed by atoms with van der Waals surface area (Å²) in [6.45, 7) is 1.11. The summed E-state index contributed by atoms with van der Waals surface area (Å²) < 4.78 is 74.0. The van der Waals surface area contributed by atoms with Gasteiger partial charge in [0.15, 0.2) is 0 Å². The van der Waals surface area contributed by atoms with Crippen LogP contribution in [0.2, 0.25) is 0 Å². The summed E-state index contributed by atoms with van der Waals surface area (Å²) in [4.78, 5) is -0.258. The molecule has 0 spiro atoms. The second kappa shape index (κ2) is 7.31. The number of sulfonamides is 1. The minimum absolute atomic E-state index is 0.0240. The molecule has 10 heteroatoms. The molecule has 26 heavy (non-hydrogen) atoms. The van der Waals surface area contributed by atoms with Gasteiger partial charge in [-0.05, 0) is 36.4 Å². The highest BCUT2D eigenvalue weighted by atomic mass is 32.2. The van der Waals surface area contributed by atoms with Crippen molar-refractivity contribution in [3.63, 3.8) is 0 Å². The topological polar surface area (TPSA) is 90.0 Å². The molecule has 2 aromatic rings. The second-order valence-electron chi connectivity index (χ2n) is 5.48. The lowest BCUT2D eigenvalue weighted by atomic mass is 10.3. The first-order valence-electron chi connectivity index (χ1n) is 7.67. The van der Waals surface area contributed by atoms with Crippen LogP contribution in [0.15, 0.2) is 58.3 Å². The third-order valence-corrected chi connectivity index (χ3v) is 6.90. The molecule has 1 heterocycles. The maximum Gasteiger partial charge on any atom is 0.339 e. The van der Waals surface area contributed by atoms with E-state index in [0.29, 0.717) is 13.2 Å². The Labute approximate surface area is 151 Å². The standard InChI is InChI=1S/C16H16FNO6S2/c17-13-2-1-3-14(12-13)24-26(21,22)16-6-4-15(5-7-16)25(19,20)18-8-10-23-11-9-18/h1-7,12H,8-11H2. The van der Waals surface area contributed by atoms with Gasteiger partial charge in [0.25, 0.3) is 0 Å². The van der Waals surface area contributed by atoms with Crippen LogP contribution in [0.1, 0.15) is 0 Å². The van der Waals surface area contributed by atoms with Gasteiger partial charge in [-0.2, -0.15) is 12.7 Å². The molecule has 0 aliphatic carbocycles. The van der Waals surface area contributed by atoms with Crippen LogP contribution in [-0.2, 0) is 24.9 Å². The van der Waals surface area contributed by atoms with Gasteiger partial charge in [0.1, 0.15) is 16.5 Å². The van der Waals surface area contributed by atoms with E-state index in [1.807, 2.05) is 0 Å². The molecular formula is C16H16FNO6S2. The van der Waals surface area contributed by atoms with Gasteiger partial charge in [-0.25, -0.2) is 12.8 Å². The van der Waals surface area contributed by atoms with Crippen molar-refractivity contribution < 1.29 is 30.1 Å². The number of ether oxygens (including phenoxy) is 1. The normalized spacial score (nSPS) is 16.3. The van der Waals surface area contributed by atoms with Crippen molar-refractivity contribution >= 4 is 20.1 Å². The van der Waals surface area contributed by atoms with Crippen LogP contribution in [0.5, 0.6) is 5.75 Å². The Morgan fingerprint density at radius 3 is 2.15 bits per heavy atom. The van der Waals surface area contributed by atoms with Crippen molar-refractivity contribution in [1.82, 2.24) is 4.31 Å². The highest BCUT2D eigenvalue weighted by molar-refractivity contribution is 7.89. The Balaban J connectivity index is 1.82. The maximum atomic E-state index is 13.2. The molecule has 1 aliphatic rings. The summed E-state index contributed by atoms with van der Waals surface area (Å²) in [6, 6.07) is 9.40. The Kier molecular flexibility index (Phi) is 5.28. The van der Waals surface area contributed by atoms with Gasteiger partial charge in [-0.15, -0.1) is 0 Å². The van der Waals surface area contributed by atoms with Gasteiger partial charge < -0.3 is 8.92 Å². The predicted molar refractivity (Wildman–Crippen MR) is 90.2 cm³/mol. The Bertz CT molecular complexity index is 984. The molecule has 0 aromatic heterocycles. The molecule has 1 fully saturated rings. The highest BCUT2D eigenvalue weighted by Crippen LogP contribution is 2.22. The van der Waals surface area contributed by atoms with Crippen LogP contribution in [-0.4, -0.2) is 47.4 Å². The maximum absolute atomic E-state index is 13.2. The minimum Gasteiger partial charge on any atom is -0.379 e. The summed E-state index contributed by atoms with van der Waals surface area (Å²) in [5.74, 6) is -0.806. The van der Waals surface area contributed by atoms with Gasteiger partial charge >= 0.3 is 10.1 Å². The Hall–Kier alpha value is -2.01. The molecule has 0 atom stereocenters. The van der Waals surface area contributed by atoms with Crippen LogP contribution in [0.3, 0.4) is 0 Å². The van der Waals surface area contributed by atoms with Crippen molar-refractivity contribution in [2.24, 2.45) is 0 Å². The molecule has 1 aliphatic heterocycles. The Morgan fingerprint density at radius 1 is 0.923 bits per heavy atom. The van der Waals surface area contributed by atoms with E-state index in [1.165, 1.54) is 28.6 Å². The number of halogens is 1. The smallest absolute Gasteiger partial charge is 0.339 e. The van der Waals surface area contributed by atoms with Crippen LogP contribution >= 0.6 is 0 Å². The quantitative estimate of drug-likeness (QED) is 0.707. The summed E-state index contributed by atoms with van der Waals surface area (Å²) >= 11 is 0. The molecule has 0 bridgehead atoms. The van der Waals surface area contributed by atoms with Crippen LogP contribution in [0.25, 0.3) is 0 Å². The molecule has 0 N–H and O–H groups in total. The van der Waals surface area contributed by atoms with Gasteiger partial charge in [0.05, 0.1) is 18.1 Å². The first-order valence-corrected chi connectivity index (χ1v) is 10.5. The molecule has 0 saturated carbocycles. The van der Waals surface area contributed by atoms with Crippen LogP contribution < -0.4 is 4.18 Å². The van der Waals surface area contributed by atoms with Crippen molar-refractivity contribution in [3.05, 3.63) is 54.3 Å². The van der Waals surface area contributed by atoms with E-state index < -0.39 is 26.0 Å². The van der Waals surface area contributed by atoms with E-state index in [2.05, 4.69) is 0 Å². The summed E-state index contributed by atoms with van der Waals surface area (Å²) in [7, 11) is -7.93. The van der Waals surface area contributed by atoms with Crippen LogP contribution in [0.4, 0.5) is 4.39 Å². The molecule has 140 valence electrons. The van der Waals surface area contributed by atoms with E-state index in [0.717, 1.165) is 24.3 Å². The van der Waals surface area contributed by atoms with E-state index >= 15 is 0 Å².